The van der Waals surface area contributed by atoms with Crippen LogP contribution in [0.4, 0.5) is 5.69 Å². The number of ether oxygens (including phenoxy) is 1. The minimum absolute atomic E-state index is 0.0802. The van der Waals surface area contributed by atoms with Crippen LogP contribution < -0.4 is 4.74 Å². The average Bonchev–Trinajstić information content (AvgIpc) is 2.87. The second-order valence-corrected chi connectivity index (χ2v) is 4.14. The molecule has 7 nitrogen and oxygen atoms in total. The standard InChI is InChI=1S/C13H13N3O4/c1-2-5-15-8-11(7-14-15)20-13-4-3-10(9-17)6-12(13)16(18)19/h3-4,6-9H,2,5H2,1H3. The van der Waals surface area contributed by atoms with Crippen molar-refractivity contribution < 1.29 is 14.5 Å². The molecule has 0 spiro atoms. The third-order valence-electron chi connectivity index (χ3n) is 2.61. The van der Waals surface area contributed by atoms with E-state index < -0.39 is 4.92 Å². The lowest BCUT2D eigenvalue weighted by Gasteiger charge is -2.04. The zero-order valence-electron chi connectivity index (χ0n) is 10.9. The van der Waals surface area contributed by atoms with Crippen LogP contribution in [0.2, 0.25) is 0 Å². The second kappa shape index (κ2) is 5.96. The molecule has 0 aliphatic heterocycles. The van der Waals surface area contributed by atoms with E-state index in [4.69, 9.17) is 4.74 Å². The third-order valence-corrected chi connectivity index (χ3v) is 2.61. The van der Waals surface area contributed by atoms with Gasteiger partial charge < -0.3 is 4.74 Å². The van der Waals surface area contributed by atoms with Crippen LogP contribution in [0.15, 0.2) is 30.6 Å². The fourth-order valence-corrected chi connectivity index (χ4v) is 1.71. The fourth-order valence-electron chi connectivity index (χ4n) is 1.71. The molecule has 0 aliphatic rings. The van der Waals surface area contributed by atoms with Crippen LogP contribution in [0.25, 0.3) is 0 Å². The molecular weight excluding hydrogens is 262 g/mol. The van der Waals surface area contributed by atoms with Gasteiger partial charge in [0, 0.05) is 18.2 Å². The van der Waals surface area contributed by atoms with Crippen LogP contribution >= 0.6 is 0 Å². The van der Waals surface area contributed by atoms with Crippen molar-refractivity contribution >= 4 is 12.0 Å². The number of hydrogen-bond acceptors (Lipinski definition) is 5. The molecule has 20 heavy (non-hydrogen) atoms. The van der Waals surface area contributed by atoms with Crippen molar-refractivity contribution in [3.63, 3.8) is 0 Å². The molecular formula is C13H13N3O4. The molecule has 0 fully saturated rings. The fraction of sp³-hybridized carbons (Fsp3) is 0.231. The summed E-state index contributed by atoms with van der Waals surface area (Å²) in [4.78, 5) is 21.0. The van der Waals surface area contributed by atoms with E-state index in [0.717, 1.165) is 13.0 Å². The number of hydrogen-bond donors (Lipinski definition) is 0. The van der Waals surface area contributed by atoms with E-state index in [2.05, 4.69) is 5.10 Å². The molecule has 1 aromatic carbocycles. The van der Waals surface area contributed by atoms with Crippen molar-refractivity contribution in [2.24, 2.45) is 0 Å². The van der Waals surface area contributed by atoms with Gasteiger partial charge in [-0.1, -0.05) is 6.92 Å². The molecule has 7 heteroatoms. The van der Waals surface area contributed by atoms with Crippen LogP contribution in [-0.2, 0) is 6.54 Å². The topological polar surface area (TPSA) is 87.3 Å². The van der Waals surface area contributed by atoms with Crippen molar-refractivity contribution in [3.8, 4) is 11.5 Å². The molecule has 0 radical (unpaired) electrons. The minimum Gasteiger partial charge on any atom is -0.447 e. The number of rotatable bonds is 6. The average molecular weight is 275 g/mol. The zero-order valence-corrected chi connectivity index (χ0v) is 10.9. The summed E-state index contributed by atoms with van der Waals surface area (Å²) < 4.78 is 7.15. The van der Waals surface area contributed by atoms with Crippen molar-refractivity contribution in [2.45, 2.75) is 19.9 Å². The van der Waals surface area contributed by atoms with Crippen molar-refractivity contribution in [1.82, 2.24) is 9.78 Å². The van der Waals surface area contributed by atoms with Crippen molar-refractivity contribution in [1.29, 1.82) is 0 Å². The summed E-state index contributed by atoms with van der Waals surface area (Å²) in [6.07, 6.45) is 4.64. The Hall–Kier alpha value is -2.70. The van der Waals surface area contributed by atoms with Crippen LogP contribution in [0.3, 0.4) is 0 Å². The Labute approximate surface area is 114 Å². The first-order chi connectivity index (χ1) is 9.63. The summed E-state index contributed by atoms with van der Waals surface area (Å²) in [5.41, 5.74) is -0.0245. The number of nitrogens with zero attached hydrogens (tertiary/aromatic N) is 3. The minimum atomic E-state index is -0.585. The first kappa shape index (κ1) is 13.7. The summed E-state index contributed by atoms with van der Waals surface area (Å²) >= 11 is 0. The number of aryl methyl sites for hydroxylation is 1. The molecule has 0 saturated carbocycles. The van der Waals surface area contributed by atoms with Crippen molar-refractivity contribution in [3.05, 3.63) is 46.3 Å². The second-order valence-electron chi connectivity index (χ2n) is 4.14. The van der Waals surface area contributed by atoms with Gasteiger partial charge in [0.2, 0.25) is 5.75 Å². The summed E-state index contributed by atoms with van der Waals surface area (Å²) in [7, 11) is 0. The van der Waals surface area contributed by atoms with Gasteiger partial charge in [0.15, 0.2) is 5.75 Å². The van der Waals surface area contributed by atoms with Crippen molar-refractivity contribution in [2.75, 3.05) is 0 Å². The lowest BCUT2D eigenvalue weighted by Crippen LogP contribution is -1.96. The lowest BCUT2D eigenvalue weighted by molar-refractivity contribution is -0.385. The number of carbonyl (C=O) groups is 1. The van der Waals surface area contributed by atoms with Gasteiger partial charge in [0.1, 0.15) is 6.29 Å². The molecule has 1 aromatic heterocycles. The van der Waals surface area contributed by atoms with Crippen LogP contribution in [-0.4, -0.2) is 21.0 Å². The molecule has 2 aromatic rings. The Morgan fingerprint density at radius 3 is 2.95 bits per heavy atom. The maximum absolute atomic E-state index is 11.0. The van der Waals surface area contributed by atoms with Gasteiger partial charge in [0.25, 0.3) is 0 Å². The number of carbonyl (C=O) groups excluding carboxylic acids is 1. The van der Waals surface area contributed by atoms with E-state index in [1.165, 1.54) is 24.4 Å². The molecule has 104 valence electrons. The van der Waals surface area contributed by atoms with Crippen LogP contribution in [0.1, 0.15) is 23.7 Å². The Bertz CT molecular complexity index is 636. The third kappa shape index (κ3) is 3.00. The Kier molecular flexibility index (Phi) is 4.09. The number of nitro groups is 1. The lowest BCUT2D eigenvalue weighted by atomic mass is 10.2. The first-order valence-corrected chi connectivity index (χ1v) is 6.08. The summed E-state index contributed by atoms with van der Waals surface area (Å²) in [5, 5.41) is 15.1. The summed E-state index contributed by atoms with van der Waals surface area (Å²) in [6, 6.07) is 4.05. The molecule has 0 bridgehead atoms. The molecule has 2 rings (SSSR count). The van der Waals surface area contributed by atoms with E-state index in [1.54, 1.807) is 10.9 Å². The number of aromatic nitrogens is 2. The quantitative estimate of drug-likeness (QED) is 0.459. The molecule has 0 aliphatic carbocycles. The predicted octanol–water partition coefficient (Wildman–Crippen LogP) is 2.81. The highest BCUT2D eigenvalue weighted by molar-refractivity contribution is 5.77. The SMILES string of the molecule is CCCn1cc(Oc2ccc(C=O)cc2[N+](=O)[O-])cn1. The maximum atomic E-state index is 11.0. The largest absolute Gasteiger partial charge is 0.447 e. The molecule has 1 heterocycles. The van der Waals surface area contributed by atoms with Gasteiger partial charge in [0.05, 0.1) is 17.3 Å². The Balaban J connectivity index is 2.27. The highest BCUT2D eigenvalue weighted by atomic mass is 16.6. The monoisotopic (exact) mass is 275 g/mol. The van der Waals surface area contributed by atoms with Gasteiger partial charge >= 0.3 is 5.69 Å². The maximum Gasteiger partial charge on any atom is 0.312 e. The van der Waals surface area contributed by atoms with E-state index in [-0.39, 0.29) is 17.0 Å². The van der Waals surface area contributed by atoms with E-state index >= 15 is 0 Å². The molecule has 0 N–H and O–H groups in total. The van der Waals surface area contributed by atoms with Gasteiger partial charge in [-0.2, -0.15) is 5.10 Å². The predicted molar refractivity (Wildman–Crippen MR) is 71.1 cm³/mol. The molecule has 0 amide bonds. The van der Waals surface area contributed by atoms with Gasteiger partial charge in [-0.3, -0.25) is 19.6 Å². The zero-order chi connectivity index (χ0) is 14.5. The van der Waals surface area contributed by atoms with Crippen LogP contribution in [0, 0.1) is 10.1 Å². The summed E-state index contributed by atoms with van der Waals surface area (Å²) in [5.74, 6) is 0.497. The molecule has 0 atom stereocenters. The van der Waals surface area contributed by atoms with Crippen LogP contribution in [0.5, 0.6) is 11.5 Å². The van der Waals surface area contributed by atoms with Gasteiger partial charge in [-0.15, -0.1) is 0 Å². The molecule has 0 saturated heterocycles. The van der Waals surface area contributed by atoms with Gasteiger partial charge in [-0.25, -0.2) is 0 Å². The number of benzene rings is 1. The van der Waals surface area contributed by atoms with E-state index in [9.17, 15) is 14.9 Å². The molecule has 0 unspecified atom stereocenters. The normalized spacial score (nSPS) is 10.2. The smallest absolute Gasteiger partial charge is 0.312 e. The van der Waals surface area contributed by atoms with E-state index in [0.29, 0.717) is 12.0 Å². The summed E-state index contributed by atoms with van der Waals surface area (Å²) in [6.45, 7) is 2.76. The highest BCUT2D eigenvalue weighted by Gasteiger charge is 2.17. The highest BCUT2D eigenvalue weighted by Crippen LogP contribution is 2.31. The first-order valence-electron chi connectivity index (χ1n) is 6.08. The van der Waals surface area contributed by atoms with E-state index in [1.807, 2.05) is 6.92 Å². The van der Waals surface area contributed by atoms with Gasteiger partial charge in [-0.05, 0) is 18.6 Å². The number of nitro benzene ring substituents is 1. The Morgan fingerprint density at radius 2 is 2.30 bits per heavy atom. The Morgan fingerprint density at radius 1 is 1.50 bits per heavy atom. The number of aldehydes is 1.